The third kappa shape index (κ3) is 7.03. The number of anilines is 5. The fourth-order valence-corrected chi connectivity index (χ4v) is 8.63. The van der Waals surface area contributed by atoms with Gasteiger partial charge in [0, 0.05) is 72.6 Å². The average molecular weight is 747 g/mol. The van der Waals surface area contributed by atoms with E-state index in [9.17, 15) is 4.57 Å². The number of nitrogens with zero attached hydrogens (tertiary/aromatic N) is 7. The number of fused-ring (bicyclic) bond motifs is 1. The maximum absolute atomic E-state index is 13.6. The molecule has 0 aliphatic carbocycles. The summed E-state index contributed by atoms with van der Waals surface area (Å²) in [6, 6.07) is 12.0. The molecule has 0 spiro atoms. The zero-order valence-corrected chi connectivity index (χ0v) is 30.7. The Kier molecular flexibility index (Phi) is 9.61. The van der Waals surface area contributed by atoms with Gasteiger partial charge in [0.2, 0.25) is 5.95 Å². The van der Waals surface area contributed by atoms with E-state index in [1.54, 1.807) is 32.8 Å². The van der Waals surface area contributed by atoms with Gasteiger partial charge in [-0.2, -0.15) is 10.1 Å². The largest absolute Gasteiger partial charge is 0.494 e. The summed E-state index contributed by atoms with van der Waals surface area (Å²) in [4.78, 5) is 19.1. The topological polar surface area (TPSA) is 123 Å². The number of rotatable bonds is 9. The zero-order chi connectivity index (χ0) is 34.1. The SMILES string of the molecule is COc1cc(N2CCCCC2N2CCOCC2)c(-c2cnn(C)c2)cc1Nc1ncc(Br)c(Nc2cnc3ccccc3c2P(C)(C)=O)n1. The number of piperidine rings is 1. The van der Waals surface area contributed by atoms with Crippen LogP contribution in [0.5, 0.6) is 5.75 Å². The summed E-state index contributed by atoms with van der Waals surface area (Å²) in [5.74, 6) is 1.55. The summed E-state index contributed by atoms with van der Waals surface area (Å²) in [6.45, 7) is 7.83. The van der Waals surface area contributed by atoms with Crippen LogP contribution >= 0.6 is 23.1 Å². The van der Waals surface area contributed by atoms with Crippen molar-refractivity contribution in [1.29, 1.82) is 0 Å². The number of para-hydroxylation sites is 1. The van der Waals surface area contributed by atoms with Gasteiger partial charge in [0.25, 0.3) is 0 Å². The summed E-state index contributed by atoms with van der Waals surface area (Å²) in [5.41, 5.74) is 5.30. The van der Waals surface area contributed by atoms with Crippen molar-refractivity contribution in [3.05, 3.63) is 65.7 Å². The molecule has 12 nitrogen and oxygen atoms in total. The first kappa shape index (κ1) is 33.5. The zero-order valence-electron chi connectivity index (χ0n) is 28.2. The van der Waals surface area contributed by atoms with Gasteiger partial charge in [0.15, 0.2) is 0 Å². The minimum absolute atomic E-state index is 0.274. The molecular formula is C35H41BrN9O3P. The van der Waals surface area contributed by atoms with E-state index in [4.69, 9.17) is 14.5 Å². The number of ether oxygens (including phenoxy) is 2. The van der Waals surface area contributed by atoms with Crippen molar-refractivity contribution in [3.63, 3.8) is 0 Å². The Morgan fingerprint density at radius 1 is 1.00 bits per heavy atom. The fourth-order valence-electron chi connectivity index (χ4n) is 6.88. The molecule has 3 aromatic heterocycles. The van der Waals surface area contributed by atoms with Crippen molar-refractivity contribution in [3.8, 4) is 16.9 Å². The molecule has 2 aliphatic rings. The first-order valence-corrected chi connectivity index (χ1v) is 19.9. The van der Waals surface area contributed by atoms with Crippen molar-refractivity contribution in [2.45, 2.75) is 25.4 Å². The van der Waals surface area contributed by atoms with Crippen LogP contribution in [0.3, 0.4) is 0 Å². The molecule has 0 saturated carbocycles. The number of pyridine rings is 1. The van der Waals surface area contributed by atoms with Crippen LogP contribution in [0.4, 0.5) is 28.8 Å². The number of nitrogens with one attached hydrogen (secondary N) is 2. The average Bonchev–Trinajstić information content (AvgIpc) is 3.55. The summed E-state index contributed by atoms with van der Waals surface area (Å²) < 4.78 is 27.7. The standard InChI is InChI=1S/C35H41BrN9O3P/c1-43-22-23(19-39-43)25-17-28(31(47-2)18-30(25)45-12-8-7-11-32(45)44-13-15-48-16-14-44)41-35-38-20-26(36)34(42-35)40-29-21-37-27-10-6-5-9-24(27)33(29)49(3,4)46/h5-6,9-10,17-22,32H,7-8,11-16H2,1-4H3,(H2,38,40,41,42). The number of morpholine rings is 1. The molecule has 0 amide bonds. The summed E-state index contributed by atoms with van der Waals surface area (Å²) in [5, 5.41) is 12.9. The molecule has 49 heavy (non-hydrogen) atoms. The van der Waals surface area contributed by atoms with Gasteiger partial charge in [-0.25, -0.2) is 4.98 Å². The van der Waals surface area contributed by atoms with Crippen molar-refractivity contribution >= 4 is 68.1 Å². The van der Waals surface area contributed by atoms with Gasteiger partial charge in [0.05, 0.1) is 60.2 Å². The number of methoxy groups -OCH3 is 1. The van der Waals surface area contributed by atoms with E-state index in [0.29, 0.717) is 27.7 Å². The van der Waals surface area contributed by atoms with Crippen LogP contribution in [0.25, 0.3) is 22.0 Å². The fraction of sp³-hybridized carbons (Fsp3) is 0.371. The second kappa shape index (κ2) is 14.1. The summed E-state index contributed by atoms with van der Waals surface area (Å²) in [7, 11) is 0.905. The molecule has 2 saturated heterocycles. The first-order valence-electron chi connectivity index (χ1n) is 16.5. The maximum Gasteiger partial charge on any atom is 0.229 e. The van der Waals surface area contributed by atoms with E-state index in [1.165, 1.54) is 6.42 Å². The second-order valence-corrected chi connectivity index (χ2v) is 16.8. The molecule has 5 aromatic rings. The van der Waals surface area contributed by atoms with Crippen molar-refractivity contribution in [1.82, 2.24) is 29.6 Å². The summed E-state index contributed by atoms with van der Waals surface area (Å²) >= 11 is 3.61. The van der Waals surface area contributed by atoms with Crippen LogP contribution in [-0.4, -0.2) is 89.1 Å². The number of aryl methyl sites for hydroxylation is 1. The smallest absolute Gasteiger partial charge is 0.229 e. The normalized spacial score (nSPS) is 17.3. The van der Waals surface area contributed by atoms with E-state index >= 15 is 0 Å². The molecule has 256 valence electrons. The number of aromatic nitrogens is 5. The lowest BCUT2D eigenvalue weighted by molar-refractivity contribution is 0.0108. The second-order valence-electron chi connectivity index (χ2n) is 12.8. The quantitative estimate of drug-likeness (QED) is 0.159. The maximum atomic E-state index is 13.6. The van der Waals surface area contributed by atoms with Gasteiger partial charge in [-0.1, -0.05) is 18.2 Å². The van der Waals surface area contributed by atoms with Crippen molar-refractivity contribution < 1.29 is 14.0 Å². The lowest BCUT2D eigenvalue weighted by Crippen LogP contribution is -2.54. The van der Waals surface area contributed by atoms with Gasteiger partial charge in [-0.3, -0.25) is 14.6 Å². The minimum atomic E-state index is -2.71. The minimum Gasteiger partial charge on any atom is -0.494 e. The Balaban J connectivity index is 1.26. The van der Waals surface area contributed by atoms with Crippen LogP contribution in [0.15, 0.2) is 65.7 Å². The Hall–Kier alpha value is -4.03. The summed E-state index contributed by atoms with van der Waals surface area (Å²) in [6.07, 6.45) is 11.0. The van der Waals surface area contributed by atoms with Crippen LogP contribution < -0.4 is 25.6 Å². The van der Waals surface area contributed by atoms with E-state index in [1.807, 2.05) is 48.4 Å². The van der Waals surface area contributed by atoms with Gasteiger partial charge in [-0.05, 0) is 60.7 Å². The molecule has 1 unspecified atom stereocenters. The highest BCUT2D eigenvalue weighted by atomic mass is 79.9. The number of halogens is 1. The molecule has 0 radical (unpaired) electrons. The van der Waals surface area contributed by atoms with Gasteiger partial charge in [0.1, 0.15) is 18.7 Å². The number of hydrogen-bond donors (Lipinski definition) is 2. The van der Waals surface area contributed by atoms with Crippen molar-refractivity contribution in [2.75, 3.05) is 68.8 Å². The number of hydrogen-bond acceptors (Lipinski definition) is 11. The van der Waals surface area contributed by atoms with E-state index in [2.05, 4.69) is 63.6 Å². The van der Waals surface area contributed by atoms with Crippen LogP contribution in [0, 0.1) is 0 Å². The Labute approximate surface area is 294 Å². The molecule has 5 heterocycles. The highest BCUT2D eigenvalue weighted by Crippen LogP contribution is 2.44. The highest BCUT2D eigenvalue weighted by molar-refractivity contribution is 9.10. The molecule has 2 N–H and O–H groups in total. The predicted octanol–water partition coefficient (Wildman–Crippen LogP) is 6.58. The molecule has 2 aliphatic heterocycles. The van der Waals surface area contributed by atoms with Gasteiger partial charge in [-0.15, -0.1) is 0 Å². The predicted molar refractivity (Wildman–Crippen MR) is 200 cm³/mol. The van der Waals surface area contributed by atoms with Crippen LogP contribution in [-0.2, 0) is 16.3 Å². The Morgan fingerprint density at radius 2 is 1.82 bits per heavy atom. The van der Waals surface area contributed by atoms with Crippen LogP contribution in [0.1, 0.15) is 19.3 Å². The number of benzene rings is 2. The molecule has 14 heteroatoms. The first-order chi connectivity index (χ1) is 23.7. The Morgan fingerprint density at radius 3 is 2.57 bits per heavy atom. The van der Waals surface area contributed by atoms with E-state index in [-0.39, 0.29) is 6.17 Å². The lowest BCUT2D eigenvalue weighted by Gasteiger charge is -2.46. The Bertz CT molecular complexity index is 2030. The van der Waals surface area contributed by atoms with E-state index < -0.39 is 7.14 Å². The third-order valence-electron chi connectivity index (χ3n) is 9.11. The molecule has 2 aromatic carbocycles. The van der Waals surface area contributed by atoms with Gasteiger partial charge >= 0.3 is 0 Å². The molecular weight excluding hydrogens is 705 g/mol. The van der Waals surface area contributed by atoms with Gasteiger partial charge < -0.3 is 29.6 Å². The lowest BCUT2D eigenvalue weighted by atomic mass is 9.99. The highest BCUT2D eigenvalue weighted by Gasteiger charge is 2.32. The third-order valence-corrected chi connectivity index (χ3v) is 11.2. The van der Waals surface area contributed by atoms with Crippen molar-refractivity contribution in [2.24, 2.45) is 7.05 Å². The monoisotopic (exact) mass is 745 g/mol. The molecule has 2 fully saturated rings. The molecule has 1 atom stereocenters. The molecule has 7 rings (SSSR count). The molecule has 0 bridgehead atoms. The van der Waals surface area contributed by atoms with E-state index in [0.717, 1.165) is 84.4 Å². The van der Waals surface area contributed by atoms with Crippen LogP contribution in [0.2, 0.25) is 0 Å².